The molecular formula is C16H23N3O6S2. The predicted octanol–water partition coefficient (Wildman–Crippen LogP) is -0.607. The fourth-order valence-corrected chi connectivity index (χ4v) is 5.08. The maximum Gasteiger partial charge on any atom is 0.264 e. The van der Waals surface area contributed by atoms with Crippen LogP contribution >= 0.6 is 0 Å². The highest BCUT2D eigenvalue weighted by molar-refractivity contribution is 7.90. The van der Waals surface area contributed by atoms with Gasteiger partial charge in [-0.05, 0) is 18.2 Å². The Bertz CT molecular complexity index is 937. The van der Waals surface area contributed by atoms with Gasteiger partial charge in [-0.3, -0.25) is 9.69 Å². The van der Waals surface area contributed by atoms with E-state index in [9.17, 15) is 21.6 Å². The van der Waals surface area contributed by atoms with Crippen LogP contribution in [0.2, 0.25) is 0 Å². The van der Waals surface area contributed by atoms with Crippen LogP contribution in [0, 0.1) is 0 Å². The molecule has 0 bridgehead atoms. The van der Waals surface area contributed by atoms with Gasteiger partial charge >= 0.3 is 0 Å². The summed E-state index contributed by atoms with van der Waals surface area (Å²) in [5.74, 6) is 0.295. The molecular weight excluding hydrogens is 394 g/mol. The lowest BCUT2D eigenvalue weighted by Gasteiger charge is -2.34. The first kappa shape index (κ1) is 20.1. The molecule has 2 heterocycles. The van der Waals surface area contributed by atoms with Crippen LogP contribution in [0.5, 0.6) is 5.75 Å². The number of nitrogens with zero attached hydrogens (tertiary/aromatic N) is 3. The van der Waals surface area contributed by atoms with Crippen molar-refractivity contribution in [1.29, 1.82) is 0 Å². The van der Waals surface area contributed by atoms with Crippen molar-refractivity contribution in [2.75, 3.05) is 63.3 Å². The fraction of sp³-hybridized carbons (Fsp3) is 0.562. The zero-order valence-electron chi connectivity index (χ0n) is 15.3. The number of benzene rings is 1. The Morgan fingerprint density at radius 1 is 1.07 bits per heavy atom. The molecule has 1 amide bonds. The second-order valence-electron chi connectivity index (χ2n) is 6.75. The zero-order chi connectivity index (χ0) is 19.8. The van der Waals surface area contributed by atoms with Crippen molar-refractivity contribution in [2.24, 2.45) is 0 Å². The number of likely N-dealkylation sites (N-methyl/N-ethyl adjacent to an activating group) is 1. The molecule has 0 saturated carbocycles. The third kappa shape index (κ3) is 4.42. The van der Waals surface area contributed by atoms with Crippen molar-refractivity contribution in [3.05, 3.63) is 18.2 Å². The molecule has 0 atom stereocenters. The van der Waals surface area contributed by atoms with Crippen LogP contribution in [0.3, 0.4) is 0 Å². The average Bonchev–Trinajstić information content (AvgIpc) is 2.62. The topological polar surface area (TPSA) is 104 Å². The second-order valence-corrected chi connectivity index (χ2v) is 10.9. The molecule has 1 aromatic carbocycles. The molecule has 2 aliphatic rings. The molecule has 9 nitrogen and oxygen atoms in total. The number of fused-ring (bicyclic) bond motifs is 1. The van der Waals surface area contributed by atoms with Gasteiger partial charge in [0.15, 0.2) is 6.61 Å². The van der Waals surface area contributed by atoms with Crippen LogP contribution in [0.15, 0.2) is 23.1 Å². The summed E-state index contributed by atoms with van der Waals surface area (Å²) in [6.07, 6.45) is 1.19. The van der Waals surface area contributed by atoms with Gasteiger partial charge in [-0.2, -0.15) is 4.31 Å². The minimum atomic E-state index is -3.71. The highest BCUT2D eigenvalue weighted by Crippen LogP contribution is 2.34. The Morgan fingerprint density at radius 3 is 2.37 bits per heavy atom. The van der Waals surface area contributed by atoms with Gasteiger partial charge in [-0.25, -0.2) is 16.8 Å². The third-order valence-corrected chi connectivity index (χ3v) is 7.58. The number of sulfone groups is 1. The molecule has 0 N–H and O–H groups in total. The maximum absolute atomic E-state index is 13.0. The van der Waals surface area contributed by atoms with Crippen LogP contribution in [0.1, 0.15) is 0 Å². The van der Waals surface area contributed by atoms with Crippen LogP contribution in [0.25, 0.3) is 0 Å². The first-order valence-corrected chi connectivity index (χ1v) is 12.0. The van der Waals surface area contributed by atoms with E-state index in [0.29, 0.717) is 31.1 Å². The first-order chi connectivity index (χ1) is 12.6. The molecule has 11 heteroatoms. The number of hydrogen-bond donors (Lipinski definition) is 0. The summed E-state index contributed by atoms with van der Waals surface area (Å²) < 4.78 is 55.2. The van der Waals surface area contributed by atoms with Gasteiger partial charge in [0.05, 0.1) is 16.3 Å². The number of hydrogen-bond acceptors (Lipinski definition) is 7. The number of piperazine rings is 1. The quantitative estimate of drug-likeness (QED) is 0.630. The van der Waals surface area contributed by atoms with E-state index >= 15 is 0 Å². The van der Waals surface area contributed by atoms with Gasteiger partial charge < -0.3 is 9.64 Å². The summed E-state index contributed by atoms with van der Waals surface area (Å²) in [5.41, 5.74) is 0.430. The number of carbonyl (C=O) groups excluding carboxylic acids is 1. The van der Waals surface area contributed by atoms with Gasteiger partial charge in [-0.1, -0.05) is 0 Å². The normalized spacial score (nSPS) is 19.6. The lowest BCUT2D eigenvalue weighted by atomic mass is 10.2. The average molecular weight is 418 g/mol. The summed E-state index contributed by atoms with van der Waals surface area (Å²) in [7, 11) is -5.17. The smallest absolute Gasteiger partial charge is 0.264 e. The van der Waals surface area contributed by atoms with E-state index in [1.165, 1.54) is 27.6 Å². The van der Waals surface area contributed by atoms with Gasteiger partial charge in [-0.15, -0.1) is 0 Å². The molecule has 1 fully saturated rings. The molecule has 0 radical (unpaired) electrons. The van der Waals surface area contributed by atoms with E-state index in [2.05, 4.69) is 0 Å². The van der Waals surface area contributed by atoms with Crippen molar-refractivity contribution >= 4 is 31.5 Å². The number of amides is 1. The molecule has 0 aromatic heterocycles. The van der Waals surface area contributed by atoms with Crippen molar-refractivity contribution < 1.29 is 26.4 Å². The van der Waals surface area contributed by atoms with Crippen molar-refractivity contribution in [1.82, 2.24) is 9.21 Å². The van der Waals surface area contributed by atoms with E-state index in [0.717, 1.165) is 0 Å². The fourth-order valence-electron chi connectivity index (χ4n) is 3.05. The highest BCUT2D eigenvalue weighted by atomic mass is 32.2. The standard InChI is InChI=1S/C16H23N3O6S2/c1-17-14-11-13(3-4-15(14)25-12-16(17)20)27(23,24)19-7-5-18(6-8-19)9-10-26(2,21)22/h3-4,11H,5-10,12H2,1-2H3. The van der Waals surface area contributed by atoms with Gasteiger partial charge in [0, 0.05) is 46.0 Å². The van der Waals surface area contributed by atoms with Crippen LogP contribution in [-0.4, -0.2) is 90.3 Å². The molecule has 27 heavy (non-hydrogen) atoms. The van der Waals surface area contributed by atoms with E-state index in [-0.39, 0.29) is 36.3 Å². The molecule has 1 saturated heterocycles. The Hall–Kier alpha value is -1.69. The third-order valence-electron chi connectivity index (χ3n) is 4.76. The SMILES string of the molecule is CN1C(=O)COc2ccc(S(=O)(=O)N3CCN(CCS(C)(=O)=O)CC3)cc21. The maximum atomic E-state index is 13.0. The number of carbonyl (C=O) groups is 1. The Labute approximate surface area is 159 Å². The summed E-state index contributed by atoms with van der Waals surface area (Å²) in [5, 5.41) is 0. The van der Waals surface area contributed by atoms with E-state index < -0.39 is 19.9 Å². The highest BCUT2D eigenvalue weighted by Gasteiger charge is 2.31. The van der Waals surface area contributed by atoms with Crippen molar-refractivity contribution in [2.45, 2.75) is 4.90 Å². The molecule has 3 rings (SSSR count). The molecule has 0 aliphatic carbocycles. The lowest BCUT2D eigenvalue weighted by Crippen LogP contribution is -2.49. The van der Waals surface area contributed by atoms with Gasteiger partial charge in [0.25, 0.3) is 5.91 Å². The predicted molar refractivity (Wildman–Crippen MR) is 100 cm³/mol. The Balaban J connectivity index is 1.72. The molecule has 1 aromatic rings. The summed E-state index contributed by atoms with van der Waals surface area (Å²) in [6, 6.07) is 4.50. The van der Waals surface area contributed by atoms with E-state index in [1.54, 1.807) is 13.1 Å². The number of anilines is 1. The minimum absolute atomic E-state index is 0.0605. The number of rotatable bonds is 5. The Morgan fingerprint density at radius 2 is 1.74 bits per heavy atom. The monoisotopic (exact) mass is 417 g/mol. The molecule has 2 aliphatic heterocycles. The number of ether oxygens (including phenoxy) is 1. The number of sulfonamides is 1. The zero-order valence-corrected chi connectivity index (χ0v) is 16.9. The molecule has 0 unspecified atom stereocenters. The summed E-state index contributed by atoms with van der Waals surface area (Å²) in [4.78, 5) is 15.2. The molecule has 150 valence electrons. The van der Waals surface area contributed by atoms with Gasteiger partial charge in [0.2, 0.25) is 10.0 Å². The van der Waals surface area contributed by atoms with E-state index in [4.69, 9.17) is 4.74 Å². The van der Waals surface area contributed by atoms with Crippen molar-refractivity contribution in [3.63, 3.8) is 0 Å². The van der Waals surface area contributed by atoms with Gasteiger partial charge in [0.1, 0.15) is 15.6 Å². The largest absolute Gasteiger partial charge is 0.482 e. The van der Waals surface area contributed by atoms with Crippen LogP contribution in [0.4, 0.5) is 5.69 Å². The second kappa shape index (κ2) is 7.38. The minimum Gasteiger partial charge on any atom is -0.482 e. The summed E-state index contributed by atoms with van der Waals surface area (Å²) >= 11 is 0. The Kier molecular flexibility index (Phi) is 5.48. The summed E-state index contributed by atoms with van der Waals surface area (Å²) in [6.45, 7) is 1.85. The van der Waals surface area contributed by atoms with Crippen LogP contribution in [-0.2, 0) is 24.7 Å². The molecule has 0 spiro atoms. The lowest BCUT2D eigenvalue weighted by molar-refractivity contribution is -0.121. The first-order valence-electron chi connectivity index (χ1n) is 8.51. The van der Waals surface area contributed by atoms with Crippen LogP contribution < -0.4 is 9.64 Å². The van der Waals surface area contributed by atoms with E-state index in [1.807, 2.05) is 4.90 Å². The van der Waals surface area contributed by atoms with Crippen molar-refractivity contribution in [3.8, 4) is 5.75 Å².